The number of anilines is 1. The van der Waals surface area contributed by atoms with Crippen LogP contribution in [0.2, 0.25) is 0 Å². The normalized spacial score (nSPS) is 13.4. The van der Waals surface area contributed by atoms with Gasteiger partial charge in [-0.2, -0.15) is 0 Å². The lowest BCUT2D eigenvalue weighted by Gasteiger charge is -2.17. The van der Waals surface area contributed by atoms with E-state index in [1.54, 1.807) is 6.26 Å². The summed E-state index contributed by atoms with van der Waals surface area (Å²) < 4.78 is 5.61. The van der Waals surface area contributed by atoms with Gasteiger partial charge in [0.2, 0.25) is 5.89 Å². The van der Waals surface area contributed by atoms with Gasteiger partial charge in [-0.1, -0.05) is 36.4 Å². The van der Waals surface area contributed by atoms with Crippen LogP contribution in [0.3, 0.4) is 0 Å². The van der Waals surface area contributed by atoms with Crippen molar-refractivity contribution in [2.75, 3.05) is 11.4 Å². The van der Waals surface area contributed by atoms with Crippen molar-refractivity contribution in [1.29, 1.82) is 0 Å². The Hall–Kier alpha value is -2.55. The number of hydrogen-bond acceptors (Lipinski definition) is 3. The summed E-state index contributed by atoms with van der Waals surface area (Å²) in [6.07, 6.45) is 2.88. The molecule has 3 nitrogen and oxygen atoms in total. The molecule has 0 unspecified atom stereocenters. The molecule has 3 heteroatoms. The molecule has 4 rings (SSSR count). The summed E-state index contributed by atoms with van der Waals surface area (Å²) in [4.78, 5) is 6.97. The molecular formula is C18H16N2O. The highest BCUT2D eigenvalue weighted by atomic mass is 16.3. The highest BCUT2D eigenvalue weighted by Gasteiger charge is 2.19. The predicted octanol–water partition coefficient (Wildman–Crippen LogP) is 3.90. The van der Waals surface area contributed by atoms with Crippen molar-refractivity contribution in [1.82, 2.24) is 4.98 Å². The molecule has 0 atom stereocenters. The number of para-hydroxylation sites is 1. The molecule has 21 heavy (non-hydrogen) atoms. The van der Waals surface area contributed by atoms with Gasteiger partial charge >= 0.3 is 0 Å². The van der Waals surface area contributed by atoms with Crippen molar-refractivity contribution in [2.24, 2.45) is 0 Å². The van der Waals surface area contributed by atoms with Gasteiger partial charge in [-0.15, -0.1) is 0 Å². The molecule has 0 radical (unpaired) electrons. The van der Waals surface area contributed by atoms with E-state index in [0.717, 1.165) is 30.8 Å². The lowest BCUT2D eigenvalue weighted by molar-refractivity contribution is 0.572. The van der Waals surface area contributed by atoms with Crippen molar-refractivity contribution >= 4 is 5.69 Å². The Balaban J connectivity index is 1.56. The topological polar surface area (TPSA) is 29.3 Å². The van der Waals surface area contributed by atoms with Crippen LogP contribution in [0.1, 0.15) is 11.3 Å². The van der Waals surface area contributed by atoms with Crippen LogP contribution in [-0.2, 0) is 13.0 Å². The van der Waals surface area contributed by atoms with Gasteiger partial charge in [-0.3, -0.25) is 0 Å². The van der Waals surface area contributed by atoms with E-state index in [0.29, 0.717) is 5.89 Å². The highest BCUT2D eigenvalue weighted by molar-refractivity contribution is 5.58. The molecule has 2 heterocycles. The predicted molar refractivity (Wildman–Crippen MR) is 83.1 cm³/mol. The second kappa shape index (κ2) is 5.09. The van der Waals surface area contributed by atoms with E-state index in [2.05, 4.69) is 34.1 Å². The van der Waals surface area contributed by atoms with Crippen LogP contribution < -0.4 is 4.90 Å². The van der Waals surface area contributed by atoms with Gasteiger partial charge in [-0.05, 0) is 30.2 Å². The van der Waals surface area contributed by atoms with Gasteiger partial charge in [0, 0.05) is 17.8 Å². The maximum atomic E-state index is 5.61. The van der Waals surface area contributed by atoms with E-state index in [1.165, 1.54) is 11.3 Å². The van der Waals surface area contributed by atoms with Gasteiger partial charge < -0.3 is 9.32 Å². The Morgan fingerprint density at radius 3 is 2.71 bits per heavy atom. The smallest absolute Gasteiger partial charge is 0.226 e. The van der Waals surface area contributed by atoms with Crippen LogP contribution in [0, 0.1) is 0 Å². The van der Waals surface area contributed by atoms with Crippen LogP contribution >= 0.6 is 0 Å². The molecule has 0 bridgehead atoms. The third-order valence-corrected chi connectivity index (χ3v) is 3.91. The molecule has 1 aliphatic heterocycles. The zero-order valence-corrected chi connectivity index (χ0v) is 11.7. The molecule has 0 N–H and O–H groups in total. The minimum absolute atomic E-state index is 0.693. The average molecular weight is 276 g/mol. The summed E-state index contributed by atoms with van der Waals surface area (Å²) in [6.45, 7) is 1.85. The maximum absolute atomic E-state index is 5.61. The number of fused-ring (bicyclic) bond motifs is 1. The first-order valence-corrected chi connectivity index (χ1v) is 7.23. The summed E-state index contributed by atoms with van der Waals surface area (Å²) >= 11 is 0. The third kappa shape index (κ3) is 2.31. The molecule has 3 aromatic rings. The Bertz CT molecular complexity index is 749. The summed E-state index contributed by atoms with van der Waals surface area (Å²) in [5, 5.41) is 0. The first-order chi connectivity index (χ1) is 10.4. The molecule has 0 amide bonds. The Kier molecular flexibility index (Phi) is 2.96. The van der Waals surface area contributed by atoms with E-state index in [1.807, 2.05) is 30.3 Å². The molecule has 1 aromatic heterocycles. The molecule has 0 saturated carbocycles. The van der Waals surface area contributed by atoms with E-state index in [-0.39, 0.29) is 0 Å². The standard InChI is InChI=1S/C18H16N2O/c1-2-7-15(8-3-1)18-19-16(13-21-18)12-20-11-10-14-6-4-5-9-17(14)20/h1-9,13H,10-12H2. The largest absolute Gasteiger partial charge is 0.444 e. The van der Waals surface area contributed by atoms with Crippen molar-refractivity contribution in [3.8, 4) is 11.5 Å². The van der Waals surface area contributed by atoms with Gasteiger partial charge in [0.1, 0.15) is 6.26 Å². The number of oxazole rings is 1. The second-order valence-corrected chi connectivity index (χ2v) is 5.31. The van der Waals surface area contributed by atoms with E-state index >= 15 is 0 Å². The zero-order valence-electron chi connectivity index (χ0n) is 11.7. The molecule has 0 saturated heterocycles. The molecule has 1 aliphatic rings. The first kappa shape index (κ1) is 12.2. The second-order valence-electron chi connectivity index (χ2n) is 5.31. The highest BCUT2D eigenvalue weighted by Crippen LogP contribution is 2.29. The van der Waals surface area contributed by atoms with Crippen LogP contribution in [0.15, 0.2) is 65.3 Å². The van der Waals surface area contributed by atoms with Crippen molar-refractivity contribution in [2.45, 2.75) is 13.0 Å². The lowest BCUT2D eigenvalue weighted by atomic mass is 10.2. The van der Waals surface area contributed by atoms with Gasteiger partial charge in [0.05, 0.1) is 12.2 Å². The number of nitrogens with zero attached hydrogens (tertiary/aromatic N) is 2. The minimum atomic E-state index is 0.693. The SMILES string of the molecule is c1ccc(-c2nc(CN3CCc4ccccc43)co2)cc1. The van der Waals surface area contributed by atoms with Crippen molar-refractivity contribution in [3.63, 3.8) is 0 Å². The van der Waals surface area contributed by atoms with Crippen molar-refractivity contribution < 1.29 is 4.42 Å². The summed E-state index contributed by atoms with van der Waals surface area (Å²) in [5.74, 6) is 0.693. The Morgan fingerprint density at radius 2 is 1.81 bits per heavy atom. The lowest BCUT2D eigenvalue weighted by Crippen LogP contribution is -2.19. The molecule has 2 aromatic carbocycles. The van der Waals surface area contributed by atoms with Gasteiger partial charge in [0.15, 0.2) is 0 Å². The molecular weight excluding hydrogens is 260 g/mol. The van der Waals surface area contributed by atoms with E-state index < -0.39 is 0 Å². The summed E-state index contributed by atoms with van der Waals surface area (Å²) in [7, 11) is 0. The van der Waals surface area contributed by atoms with Crippen molar-refractivity contribution in [3.05, 3.63) is 72.1 Å². The Morgan fingerprint density at radius 1 is 1.00 bits per heavy atom. The quantitative estimate of drug-likeness (QED) is 0.726. The maximum Gasteiger partial charge on any atom is 0.226 e. The number of benzene rings is 2. The fraction of sp³-hybridized carbons (Fsp3) is 0.167. The van der Waals surface area contributed by atoms with E-state index in [9.17, 15) is 0 Å². The summed E-state index contributed by atoms with van der Waals surface area (Å²) in [6, 6.07) is 18.6. The molecule has 0 spiro atoms. The zero-order chi connectivity index (χ0) is 14.1. The van der Waals surface area contributed by atoms with Crippen LogP contribution in [0.25, 0.3) is 11.5 Å². The Labute approximate surface area is 123 Å². The molecule has 104 valence electrons. The molecule has 0 fully saturated rings. The fourth-order valence-corrected chi connectivity index (χ4v) is 2.86. The number of rotatable bonds is 3. The first-order valence-electron chi connectivity index (χ1n) is 7.23. The summed E-state index contributed by atoms with van der Waals surface area (Å²) in [5.41, 5.74) is 4.74. The van der Waals surface area contributed by atoms with Crippen LogP contribution in [0.5, 0.6) is 0 Å². The average Bonchev–Trinajstić information content (AvgIpc) is 3.17. The van der Waals surface area contributed by atoms with Gasteiger partial charge in [0.25, 0.3) is 0 Å². The fourth-order valence-electron chi connectivity index (χ4n) is 2.86. The number of aromatic nitrogens is 1. The minimum Gasteiger partial charge on any atom is -0.444 e. The third-order valence-electron chi connectivity index (χ3n) is 3.91. The van der Waals surface area contributed by atoms with Gasteiger partial charge in [-0.25, -0.2) is 4.98 Å². The van der Waals surface area contributed by atoms with E-state index in [4.69, 9.17) is 4.42 Å². The van der Waals surface area contributed by atoms with Crippen LogP contribution in [0.4, 0.5) is 5.69 Å². The molecule has 0 aliphatic carbocycles. The monoisotopic (exact) mass is 276 g/mol. The number of hydrogen-bond donors (Lipinski definition) is 0. The van der Waals surface area contributed by atoms with Crippen LogP contribution in [-0.4, -0.2) is 11.5 Å².